The van der Waals surface area contributed by atoms with E-state index in [4.69, 9.17) is 19.9 Å². The van der Waals surface area contributed by atoms with Gasteiger partial charge >= 0.3 is 12.2 Å². The third-order valence-electron chi connectivity index (χ3n) is 6.72. The fourth-order valence-electron chi connectivity index (χ4n) is 4.46. The number of hydrogen-bond acceptors (Lipinski definition) is 7. The monoisotopic (exact) mass is 585 g/mol. The topological polar surface area (TPSA) is 132 Å². The van der Waals surface area contributed by atoms with Gasteiger partial charge in [0.25, 0.3) is 0 Å². The molecule has 0 bridgehead atoms. The largest absolute Gasteiger partial charge is 0.470 e. The first-order chi connectivity index (χ1) is 19.2. The van der Waals surface area contributed by atoms with E-state index in [1.807, 2.05) is 73.7 Å². The molecule has 0 fully saturated rings. The summed E-state index contributed by atoms with van der Waals surface area (Å²) in [5.74, 6) is 0.120. The van der Waals surface area contributed by atoms with Crippen LogP contribution < -0.4 is 21.1 Å². The number of carbonyl (C=O) groups is 2. The maximum Gasteiger partial charge on any atom is 0.411 e. The molecule has 3 rings (SSSR count). The van der Waals surface area contributed by atoms with Crippen LogP contribution in [0.5, 0.6) is 5.75 Å². The van der Waals surface area contributed by atoms with Crippen molar-refractivity contribution in [2.24, 2.45) is 11.7 Å². The number of amides is 2. The first-order valence-electron chi connectivity index (χ1n) is 13.4. The Labute approximate surface area is 247 Å². The van der Waals surface area contributed by atoms with Crippen molar-refractivity contribution >= 4 is 36.0 Å². The fraction of sp³-hybridized carbons (Fsp3) is 0.355. The number of nitrogens with one attached hydrogen (secondary N) is 2. The summed E-state index contributed by atoms with van der Waals surface area (Å²) in [6, 6.07) is 24.2. The van der Waals surface area contributed by atoms with E-state index in [0.717, 1.165) is 11.1 Å². The van der Waals surface area contributed by atoms with Gasteiger partial charge in [0, 0.05) is 23.2 Å². The molecule has 10 heteroatoms. The summed E-state index contributed by atoms with van der Waals surface area (Å²) < 4.78 is 16.1. The van der Waals surface area contributed by atoms with Crippen molar-refractivity contribution in [2.75, 3.05) is 23.8 Å². The minimum Gasteiger partial charge on any atom is -0.470 e. The van der Waals surface area contributed by atoms with Crippen LogP contribution in [0.3, 0.4) is 0 Å². The quantitative estimate of drug-likeness (QED) is 0.178. The van der Waals surface area contributed by atoms with Gasteiger partial charge in [-0.25, -0.2) is 9.59 Å². The van der Waals surface area contributed by atoms with E-state index in [1.165, 1.54) is 0 Å². The van der Waals surface area contributed by atoms with Crippen LogP contribution >= 0.6 is 12.4 Å². The Bertz CT molecular complexity index is 1160. The van der Waals surface area contributed by atoms with E-state index < -0.39 is 24.0 Å². The number of para-hydroxylation sites is 1. The lowest BCUT2D eigenvalue weighted by Crippen LogP contribution is -2.59. The van der Waals surface area contributed by atoms with Gasteiger partial charge in [-0.15, -0.1) is 12.4 Å². The minimum atomic E-state index is -1.36. The molecule has 2 amide bonds. The van der Waals surface area contributed by atoms with E-state index in [1.54, 1.807) is 32.9 Å². The molecule has 0 aliphatic heterocycles. The molecule has 0 spiro atoms. The highest BCUT2D eigenvalue weighted by atomic mass is 35.5. The Morgan fingerprint density at radius 3 is 1.63 bits per heavy atom. The summed E-state index contributed by atoms with van der Waals surface area (Å²) >= 11 is 0. The van der Waals surface area contributed by atoms with Crippen molar-refractivity contribution in [1.29, 1.82) is 0 Å². The standard InChI is InChI=1S/C31H39N3O6.ClH/c1-5-38-29(36)33-25-16-12-23(13-17-25)28(24-14-18-26(19-15-24)34-30(37)39-6-2)20-21(3)31(32,22(4)35)40-27-10-8-7-9-11-27;/h7-19,21-22,28,35H,5-6,20,32H2,1-4H3,(H,33,36)(H,34,37);1H/t21-,22?,31?;/m1./s1. The van der Waals surface area contributed by atoms with Gasteiger partial charge in [-0.1, -0.05) is 49.4 Å². The van der Waals surface area contributed by atoms with Crippen molar-refractivity contribution < 1.29 is 28.9 Å². The van der Waals surface area contributed by atoms with Crippen LogP contribution in [-0.2, 0) is 9.47 Å². The molecular formula is C31H40ClN3O6. The van der Waals surface area contributed by atoms with E-state index in [2.05, 4.69) is 10.6 Å². The summed E-state index contributed by atoms with van der Waals surface area (Å²) in [6.45, 7) is 7.62. The minimum absolute atomic E-state index is 0. The molecule has 5 N–H and O–H groups in total. The molecular weight excluding hydrogens is 546 g/mol. The summed E-state index contributed by atoms with van der Waals surface area (Å²) in [5.41, 5.74) is 8.53. The van der Waals surface area contributed by atoms with Gasteiger partial charge in [0.2, 0.25) is 0 Å². The second-order valence-corrected chi connectivity index (χ2v) is 9.57. The molecule has 0 saturated carbocycles. The number of rotatable bonds is 12. The molecule has 0 aromatic heterocycles. The summed E-state index contributed by atoms with van der Waals surface area (Å²) in [6.07, 6.45) is -1.47. The van der Waals surface area contributed by atoms with Crippen LogP contribution in [0.2, 0.25) is 0 Å². The van der Waals surface area contributed by atoms with Crippen LogP contribution in [0.15, 0.2) is 78.9 Å². The van der Waals surface area contributed by atoms with Crippen LogP contribution in [0.1, 0.15) is 51.2 Å². The average molecular weight is 586 g/mol. The summed E-state index contributed by atoms with van der Waals surface area (Å²) in [7, 11) is 0. The molecule has 41 heavy (non-hydrogen) atoms. The van der Waals surface area contributed by atoms with Crippen LogP contribution in [0.4, 0.5) is 21.0 Å². The normalized spacial score (nSPS) is 13.6. The number of hydrogen-bond donors (Lipinski definition) is 4. The molecule has 0 radical (unpaired) electrons. The second-order valence-electron chi connectivity index (χ2n) is 9.57. The van der Waals surface area contributed by atoms with E-state index in [9.17, 15) is 14.7 Å². The van der Waals surface area contributed by atoms with Gasteiger partial charge in [-0.05, 0) is 74.7 Å². The SMILES string of the molecule is CCOC(=O)Nc1ccc(C(C[C@@H](C)C(N)(Oc2ccccc2)C(C)O)c2ccc(NC(=O)OCC)cc2)cc1.Cl. The Hall–Kier alpha value is -3.79. The lowest BCUT2D eigenvalue weighted by atomic mass is 9.79. The number of aliphatic hydroxyl groups excluding tert-OH is 1. The van der Waals surface area contributed by atoms with Gasteiger partial charge < -0.3 is 19.3 Å². The molecule has 0 heterocycles. The number of benzene rings is 3. The van der Waals surface area contributed by atoms with Crippen molar-refractivity contribution in [3.63, 3.8) is 0 Å². The highest BCUT2D eigenvalue weighted by molar-refractivity contribution is 5.85. The van der Waals surface area contributed by atoms with E-state index >= 15 is 0 Å². The molecule has 222 valence electrons. The van der Waals surface area contributed by atoms with Crippen molar-refractivity contribution in [3.8, 4) is 5.75 Å². The Morgan fingerprint density at radius 2 is 1.24 bits per heavy atom. The van der Waals surface area contributed by atoms with E-state index in [0.29, 0.717) is 23.5 Å². The van der Waals surface area contributed by atoms with Crippen molar-refractivity contribution in [3.05, 3.63) is 90.0 Å². The van der Waals surface area contributed by atoms with E-state index in [-0.39, 0.29) is 37.5 Å². The third-order valence-corrected chi connectivity index (χ3v) is 6.72. The molecule has 0 aliphatic carbocycles. The predicted octanol–water partition coefficient (Wildman–Crippen LogP) is 6.52. The zero-order valence-corrected chi connectivity index (χ0v) is 24.6. The number of aliphatic hydroxyl groups is 1. The zero-order chi connectivity index (χ0) is 29.1. The molecule has 3 atom stereocenters. The predicted molar refractivity (Wildman–Crippen MR) is 163 cm³/mol. The van der Waals surface area contributed by atoms with Crippen LogP contribution in [-0.4, -0.2) is 42.3 Å². The number of ether oxygens (including phenoxy) is 3. The Balaban J connectivity index is 0.00000588. The Kier molecular flexibility index (Phi) is 12.9. The zero-order valence-electron chi connectivity index (χ0n) is 23.8. The molecule has 0 aliphatic rings. The molecule has 9 nitrogen and oxygen atoms in total. The van der Waals surface area contributed by atoms with Gasteiger partial charge in [-0.3, -0.25) is 16.4 Å². The van der Waals surface area contributed by atoms with Gasteiger partial charge in [-0.2, -0.15) is 0 Å². The maximum atomic E-state index is 11.8. The molecule has 2 unspecified atom stereocenters. The lowest BCUT2D eigenvalue weighted by Gasteiger charge is -2.39. The number of carbonyl (C=O) groups excluding carboxylic acids is 2. The molecule has 0 saturated heterocycles. The summed E-state index contributed by atoms with van der Waals surface area (Å²) in [4.78, 5) is 23.7. The first-order valence-corrected chi connectivity index (χ1v) is 13.4. The third kappa shape index (κ3) is 9.38. The van der Waals surface area contributed by atoms with Crippen molar-refractivity contribution in [2.45, 2.75) is 51.9 Å². The van der Waals surface area contributed by atoms with Crippen LogP contribution in [0, 0.1) is 5.92 Å². The fourth-order valence-corrected chi connectivity index (χ4v) is 4.46. The van der Waals surface area contributed by atoms with Gasteiger partial charge in [0.15, 0.2) is 5.72 Å². The first kappa shape index (κ1) is 33.4. The Morgan fingerprint density at radius 1 is 0.805 bits per heavy atom. The lowest BCUT2D eigenvalue weighted by molar-refractivity contribution is -0.0801. The second kappa shape index (κ2) is 15.9. The average Bonchev–Trinajstić information content (AvgIpc) is 2.93. The number of halogens is 1. The smallest absolute Gasteiger partial charge is 0.411 e. The highest BCUT2D eigenvalue weighted by Crippen LogP contribution is 2.37. The number of nitrogens with two attached hydrogens (primary N) is 1. The number of anilines is 2. The van der Waals surface area contributed by atoms with Gasteiger partial charge in [0.1, 0.15) is 11.9 Å². The molecule has 3 aromatic rings. The summed E-state index contributed by atoms with van der Waals surface area (Å²) in [5, 5.41) is 16.1. The highest BCUT2D eigenvalue weighted by Gasteiger charge is 2.41. The van der Waals surface area contributed by atoms with Crippen molar-refractivity contribution in [1.82, 2.24) is 0 Å². The maximum absolute atomic E-state index is 11.8. The van der Waals surface area contributed by atoms with Crippen LogP contribution in [0.25, 0.3) is 0 Å². The molecule has 3 aromatic carbocycles. The van der Waals surface area contributed by atoms with Gasteiger partial charge in [0.05, 0.1) is 13.2 Å².